The number of hydrogen-bond acceptors (Lipinski definition) is 8. The molecule has 0 atom stereocenters. The van der Waals surface area contributed by atoms with Crippen molar-refractivity contribution in [3.8, 4) is 11.3 Å². The number of aromatic nitrogens is 3. The van der Waals surface area contributed by atoms with Gasteiger partial charge < -0.3 is 10.6 Å². The number of carbonyl (C=O) groups excluding carboxylic acids is 1. The summed E-state index contributed by atoms with van der Waals surface area (Å²) in [5.41, 5.74) is 5.69. The summed E-state index contributed by atoms with van der Waals surface area (Å²) in [6.07, 6.45) is 0. The molecule has 0 spiro atoms. The zero-order chi connectivity index (χ0) is 19.4. The van der Waals surface area contributed by atoms with E-state index in [1.165, 1.54) is 51.1 Å². The fourth-order valence-corrected chi connectivity index (χ4v) is 4.81. The lowest BCUT2D eigenvalue weighted by Crippen LogP contribution is -2.13. The topological polar surface area (TPSA) is 79.8 Å². The van der Waals surface area contributed by atoms with Crippen LogP contribution in [0, 0.1) is 20.8 Å². The van der Waals surface area contributed by atoms with Gasteiger partial charge in [-0.25, -0.2) is 4.98 Å². The quantitative estimate of drug-likeness (QED) is 0.538. The van der Waals surface area contributed by atoms with Crippen LogP contribution in [-0.2, 0) is 4.79 Å². The highest BCUT2D eigenvalue weighted by molar-refractivity contribution is 8.01. The van der Waals surface area contributed by atoms with Crippen molar-refractivity contribution in [3.63, 3.8) is 0 Å². The number of thioether (sulfide) groups is 1. The van der Waals surface area contributed by atoms with Gasteiger partial charge in [-0.05, 0) is 50.5 Å². The first-order valence-electron chi connectivity index (χ1n) is 8.50. The van der Waals surface area contributed by atoms with E-state index < -0.39 is 0 Å². The molecule has 0 aliphatic carbocycles. The Hall–Kier alpha value is -1.97. The Morgan fingerprint density at radius 2 is 1.89 bits per heavy atom. The number of nitrogens with one attached hydrogen (secondary N) is 2. The van der Waals surface area contributed by atoms with Gasteiger partial charge in [0.2, 0.25) is 11.0 Å². The average molecular weight is 420 g/mol. The first-order valence-corrected chi connectivity index (χ1v) is 11.2. The van der Waals surface area contributed by atoms with Gasteiger partial charge in [0.25, 0.3) is 0 Å². The van der Waals surface area contributed by atoms with E-state index in [1.807, 2.05) is 12.3 Å². The van der Waals surface area contributed by atoms with Crippen LogP contribution in [0.1, 0.15) is 23.6 Å². The van der Waals surface area contributed by atoms with E-state index in [2.05, 4.69) is 58.7 Å². The second kappa shape index (κ2) is 8.81. The molecule has 0 bridgehead atoms. The number of hydrogen-bond donors (Lipinski definition) is 2. The van der Waals surface area contributed by atoms with Crippen molar-refractivity contribution in [1.82, 2.24) is 15.2 Å². The van der Waals surface area contributed by atoms with Gasteiger partial charge in [-0.1, -0.05) is 29.2 Å². The Balaban J connectivity index is 1.60. The molecule has 1 aromatic carbocycles. The van der Waals surface area contributed by atoms with Crippen molar-refractivity contribution >= 4 is 50.6 Å². The SMILES string of the molecule is CCNc1nnc(SCC(=O)Nc2nc(-c3cc(C)c(C)cc3C)cs2)s1. The molecular weight excluding hydrogens is 398 g/mol. The zero-order valence-corrected chi connectivity index (χ0v) is 18.1. The third kappa shape index (κ3) is 5.06. The number of nitrogens with zero attached hydrogens (tertiary/aromatic N) is 3. The van der Waals surface area contributed by atoms with Crippen molar-refractivity contribution < 1.29 is 4.79 Å². The van der Waals surface area contributed by atoms with Crippen LogP contribution in [0.2, 0.25) is 0 Å². The Labute approximate surface area is 170 Å². The minimum absolute atomic E-state index is 0.0992. The van der Waals surface area contributed by atoms with E-state index in [4.69, 9.17) is 0 Å². The monoisotopic (exact) mass is 419 g/mol. The highest BCUT2D eigenvalue weighted by Crippen LogP contribution is 2.30. The number of benzene rings is 1. The van der Waals surface area contributed by atoms with Gasteiger partial charge in [-0.15, -0.1) is 21.5 Å². The van der Waals surface area contributed by atoms with Gasteiger partial charge in [0.1, 0.15) is 0 Å². The van der Waals surface area contributed by atoms with Gasteiger partial charge in [0, 0.05) is 17.5 Å². The first kappa shape index (κ1) is 19.8. The van der Waals surface area contributed by atoms with Crippen molar-refractivity contribution in [2.24, 2.45) is 0 Å². The van der Waals surface area contributed by atoms with Crippen LogP contribution < -0.4 is 10.6 Å². The second-order valence-corrected chi connectivity index (χ2v) is 9.09. The fraction of sp³-hybridized carbons (Fsp3) is 0.333. The number of rotatable bonds is 7. The van der Waals surface area contributed by atoms with Crippen LogP contribution >= 0.6 is 34.4 Å². The molecule has 142 valence electrons. The molecule has 3 aromatic rings. The Bertz CT molecular complexity index is 950. The summed E-state index contributed by atoms with van der Waals surface area (Å²) in [6.45, 7) is 9.09. The van der Waals surface area contributed by atoms with Gasteiger partial charge >= 0.3 is 0 Å². The molecule has 6 nitrogen and oxygen atoms in total. The van der Waals surface area contributed by atoms with Crippen LogP contribution in [0.25, 0.3) is 11.3 Å². The van der Waals surface area contributed by atoms with E-state index in [1.54, 1.807) is 0 Å². The Morgan fingerprint density at radius 3 is 2.67 bits per heavy atom. The largest absolute Gasteiger partial charge is 0.360 e. The summed E-state index contributed by atoms with van der Waals surface area (Å²) in [7, 11) is 0. The minimum atomic E-state index is -0.0992. The number of thiazole rings is 1. The van der Waals surface area contributed by atoms with Crippen LogP contribution in [0.4, 0.5) is 10.3 Å². The maximum Gasteiger partial charge on any atom is 0.236 e. The maximum absolute atomic E-state index is 12.2. The fourth-order valence-electron chi connectivity index (χ4n) is 2.46. The van der Waals surface area contributed by atoms with Gasteiger partial charge in [-0.3, -0.25) is 4.79 Å². The van der Waals surface area contributed by atoms with Crippen LogP contribution in [0.5, 0.6) is 0 Å². The van der Waals surface area contributed by atoms with Crippen LogP contribution in [0.15, 0.2) is 21.9 Å². The third-order valence-electron chi connectivity index (χ3n) is 3.93. The molecular formula is C18H21N5OS3. The van der Waals surface area contributed by atoms with Crippen molar-refractivity contribution in [3.05, 3.63) is 34.2 Å². The average Bonchev–Trinajstić information content (AvgIpc) is 3.26. The molecule has 2 aromatic heterocycles. The number of carbonyl (C=O) groups is 1. The Kier molecular flexibility index (Phi) is 6.46. The molecule has 9 heteroatoms. The molecule has 0 saturated carbocycles. The normalized spacial score (nSPS) is 10.8. The molecule has 0 fully saturated rings. The summed E-state index contributed by atoms with van der Waals surface area (Å²) >= 11 is 4.26. The summed E-state index contributed by atoms with van der Waals surface area (Å²) < 4.78 is 0.770. The zero-order valence-electron chi connectivity index (χ0n) is 15.6. The lowest BCUT2D eigenvalue weighted by molar-refractivity contribution is -0.113. The van der Waals surface area contributed by atoms with Crippen LogP contribution in [0.3, 0.4) is 0 Å². The predicted molar refractivity (Wildman–Crippen MR) is 115 cm³/mol. The molecule has 0 radical (unpaired) electrons. The molecule has 27 heavy (non-hydrogen) atoms. The minimum Gasteiger partial charge on any atom is -0.360 e. The van der Waals surface area contributed by atoms with E-state index in [0.29, 0.717) is 5.13 Å². The first-order chi connectivity index (χ1) is 13.0. The highest BCUT2D eigenvalue weighted by Gasteiger charge is 2.12. The molecule has 0 aliphatic heterocycles. The van der Waals surface area contributed by atoms with E-state index in [9.17, 15) is 4.79 Å². The van der Waals surface area contributed by atoms with E-state index in [0.717, 1.165) is 27.3 Å². The molecule has 0 aliphatic rings. The summed E-state index contributed by atoms with van der Waals surface area (Å²) in [5, 5.41) is 17.4. The lowest BCUT2D eigenvalue weighted by atomic mass is 9.99. The summed E-state index contributed by atoms with van der Waals surface area (Å²) in [6, 6.07) is 4.32. The molecule has 2 N–H and O–H groups in total. The second-order valence-electron chi connectivity index (χ2n) is 6.03. The summed E-state index contributed by atoms with van der Waals surface area (Å²) in [4.78, 5) is 16.8. The van der Waals surface area contributed by atoms with Crippen molar-refractivity contribution in [1.29, 1.82) is 0 Å². The standard InChI is InChI=1S/C18H21N5OS3/c1-5-19-16-22-23-18(27-16)26-9-15(24)21-17-20-14(8-25-17)13-7-11(3)10(2)6-12(13)4/h6-8H,5,9H2,1-4H3,(H,19,22)(H,20,21,24). The van der Waals surface area contributed by atoms with E-state index in [-0.39, 0.29) is 11.7 Å². The van der Waals surface area contributed by atoms with Crippen molar-refractivity contribution in [2.75, 3.05) is 22.9 Å². The number of aryl methyl sites for hydroxylation is 3. The molecule has 1 amide bonds. The molecule has 0 saturated heterocycles. The Morgan fingerprint density at radius 1 is 1.11 bits per heavy atom. The third-order valence-corrected chi connectivity index (χ3v) is 6.70. The van der Waals surface area contributed by atoms with Gasteiger partial charge in [-0.2, -0.15) is 0 Å². The number of anilines is 2. The molecule has 0 unspecified atom stereocenters. The predicted octanol–water partition coefficient (Wildman–Crippen LogP) is 4.75. The van der Waals surface area contributed by atoms with Crippen molar-refractivity contribution in [2.45, 2.75) is 32.0 Å². The smallest absolute Gasteiger partial charge is 0.236 e. The van der Waals surface area contributed by atoms with Gasteiger partial charge in [0.05, 0.1) is 11.4 Å². The molecule has 2 heterocycles. The van der Waals surface area contributed by atoms with Gasteiger partial charge in [0.15, 0.2) is 9.47 Å². The van der Waals surface area contributed by atoms with E-state index >= 15 is 0 Å². The maximum atomic E-state index is 12.2. The number of amides is 1. The summed E-state index contributed by atoms with van der Waals surface area (Å²) in [5.74, 6) is 0.177. The van der Waals surface area contributed by atoms with Crippen LogP contribution in [-0.4, -0.2) is 33.4 Å². The lowest BCUT2D eigenvalue weighted by Gasteiger charge is -2.07. The molecule has 3 rings (SSSR count). The highest BCUT2D eigenvalue weighted by atomic mass is 32.2.